The molecule has 0 fully saturated rings. The first-order valence-corrected chi connectivity index (χ1v) is 9.02. The van der Waals surface area contributed by atoms with E-state index in [0.29, 0.717) is 16.3 Å². The van der Waals surface area contributed by atoms with Crippen molar-refractivity contribution < 1.29 is 14.4 Å². The smallest absolute Gasteiger partial charge is 0.132 e. The Balaban J connectivity index is 2.04. The van der Waals surface area contributed by atoms with E-state index >= 15 is 0 Å². The van der Waals surface area contributed by atoms with Crippen molar-refractivity contribution in [2.24, 2.45) is 0 Å². The van der Waals surface area contributed by atoms with Crippen LogP contribution < -0.4 is 4.74 Å². The second kappa shape index (κ2) is 7.84. The lowest BCUT2D eigenvalue weighted by atomic mass is 9.89. The highest BCUT2D eigenvalue weighted by molar-refractivity contribution is 6.30. The fraction of sp³-hybridized carbons (Fsp3) is 0.0909. The van der Waals surface area contributed by atoms with Gasteiger partial charge >= 0.3 is 0 Å². The fourth-order valence-corrected chi connectivity index (χ4v) is 3.37. The van der Waals surface area contributed by atoms with E-state index < -0.39 is 0 Å². The molecule has 0 aliphatic heterocycles. The fourth-order valence-electron chi connectivity index (χ4n) is 3.25. The van der Waals surface area contributed by atoms with Gasteiger partial charge in [0.05, 0.1) is 13.7 Å². The van der Waals surface area contributed by atoms with Crippen LogP contribution in [0.2, 0.25) is 5.02 Å². The van der Waals surface area contributed by atoms with Crippen molar-refractivity contribution in [1.29, 1.82) is 0 Å². The first-order chi connectivity index (χ1) is 13.7. The predicted molar refractivity (Wildman–Crippen MR) is 108 cm³/mol. The van der Waals surface area contributed by atoms with Crippen LogP contribution in [-0.2, 0) is 6.61 Å². The molecule has 2 aromatic heterocycles. The molecule has 0 radical (unpaired) electrons. The Bertz CT molecular complexity index is 1110. The Kier molecular flexibility index (Phi) is 5.10. The number of hydrogen-bond donors (Lipinski definition) is 1. The Morgan fingerprint density at radius 2 is 1.71 bits per heavy atom. The Labute approximate surface area is 167 Å². The van der Waals surface area contributed by atoms with E-state index in [0.717, 1.165) is 33.6 Å². The summed E-state index contributed by atoms with van der Waals surface area (Å²) in [6.45, 7) is -0.237. The zero-order valence-electron chi connectivity index (χ0n) is 15.1. The highest BCUT2D eigenvalue weighted by Crippen LogP contribution is 2.43. The summed E-state index contributed by atoms with van der Waals surface area (Å²) in [6.07, 6.45) is 5.10. The third-order valence-corrected chi connectivity index (χ3v) is 4.81. The minimum atomic E-state index is -0.237. The van der Waals surface area contributed by atoms with Crippen molar-refractivity contribution in [1.82, 2.24) is 10.1 Å². The lowest BCUT2D eigenvalue weighted by Crippen LogP contribution is -1.96. The number of halogens is 1. The van der Waals surface area contributed by atoms with E-state index in [9.17, 15) is 5.11 Å². The number of para-hydroxylation sites is 1. The summed E-state index contributed by atoms with van der Waals surface area (Å²) in [5.41, 5.74) is 5.56. The van der Waals surface area contributed by atoms with Crippen LogP contribution in [-0.4, -0.2) is 22.4 Å². The molecule has 2 aromatic carbocycles. The number of aliphatic hydroxyl groups excluding tert-OH is 1. The topological polar surface area (TPSA) is 68.4 Å². The van der Waals surface area contributed by atoms with E-state index in [-0.39, 0.29) is 6.61 Å². The molecule has 0 saturated carbocycles. The third kappa shape index (κ3) is 3.26. The molecule has 140 valence electrons. The summed E-state index contributed by atoms with van der Waals surface area (Å²) in [4.78, 5) is 4.46. The van der Waals surface area contributed by atoms with Crippen LogP contribution in [0.1, 0.15) is 5.69 Å². The van der Waals surface area contributed by atoms with E-state index in [1.165, 1.54) is 0 Å². The molecule has 0 aliphatic carbocycles. The van der Waals surface area contributed by atoms with Gasteiger partial charge in [-0.15, -0.1) is 0 Å². The minimum absolute atomic E-state index is 0.237. The number of nitrogens with zero attached hydrogens (tertiary/aromatic N) is 2. The van der Waals surface area contributed by atoms with E-state index in [2.05, 4.69) is 10.1 Å². The summed E-state index contributed by atoms with van der Waals surface area (Å²) in [7, 11) is 1.63. The van der Waals surface area contributed by atoms with Gasteiger partial charge in [0.1, 0.15) is 17.7 Å². The van der Waals surface area contributed by atoms with Gasteiger partial charge in [-0.25, -0.2) is 0 Å². The SMILES string of the molecule is COc1ccccc1-c1cncc(-c2ccc(Cl)cc2)c1-c1conc1CO. The molecule has 2 heterocycles. The highest BCUT2D eigenvalue weighted by Gasteiger charge is 2.21. The summed E-state index contributed by atoms with van der Waals surface area (Å²) in [5.74, 6) is 0.723. The first kappa shape index (κ1) is 18.2. The maximum atomic E-state index is 9.75. The number of benzene rings is 2. The lowest BCUT2D eigenvalue weighted by Gasteiger charge is -2.16. The zero-order chi connectivity index (χ0) is 19.5. The van der Waals surface area contributed by atoms with E-state index in [1.54, 1.807) is 25.8 Å². The largest absolute Gasteiger partial charge is 0.496 e. The Morgan fingerprint density at radius 3 is 2.46 bits per heavy atom. The molecular formula is C22H17ClN2O3. The first-order valence-electron chi connectivity index (χ1n) is 8.64. The maximum Gasteiger partial charge on any atom is 0.132 e. The second-order valence-corrected chi connectivity index (χ2v) is 6.59. The molecule has 4 aromatic rings. The van der Waals surface area contributed by atoms with Gasteiger partial charge in [0.25, 0.3) is 0 Å². The molecule has 0 bridgehead atoms. The van der Waals surface area contributed by atoms with Gasteiger partial charge in [-0.3, -0.25) is 4.98 Å². The van der Waals surface area contributed by atoms with Crippen LogP contribution in [0.5, 0.6) is 5.75 Å². The van der Waals surface area contributed by atoms with E-state index in [1.807, 2.05) is 48.5 Å². The van der Waals surface area contributed by atoms with Crippen LogP contribution in [0.15, 0.2) is 71.7 Å². The quantitative estimate of drug-likeness (QED) is 0.504. The number of pyridine rings is 1. The molecule has 0 spiro atoms. The van der Waals surface area contributed by atoms with Crippen LogP contribution in [0, 0.1) is 0 Å². The minimum Gasteiger partial charge on any atom is -0.496 e. The number of rotatable bonds is 5. The molecule has 28 heavy (non-hydrogen) atoms. The molecule has 4 rings (SSSR count). The average Bonchev–Trinajstić information content (AvgIpc) is 3.22. The molecule has 0 aliphatic rings. The van der Waals surface area contributed by atoms with Gasteiger partial charge in [0, 0.05) is 45.2 Å². The highest BCUT2D eigenvalue weighted by atomic mass is 35.5. The van der Waals surface area contributed by atoms with Crippen molar-refractivity contribution in [3.05, 3.63) is 77.9 Å². The molecule has 1 N–H and O–H groups in total. The van der Waals surface area contributed by atoms with Crippen LogP contribution in [0.3, 0.4) is 0 Å². The van der Waals surface area contributed by atoms with Gasteiger partial charge < -0.3 is 14.4 Å². The monoisotopic (exact) mass is 392 g/mol. The Hall–Kier alpha value is -3.15. The van der Waals surface area contributed by atoms with Crippen molar-refractivity contribution in [2.45, 2.75) is 6.61 Å². The number of ether oxygens (including phenoxy) is 1. The van der Waals surface area contributed by atoms with Gasteiger partial charge in [0.2, 0.25) is 0 Å². The number of methoxy groups -OCH3 is 1. The molecular weight excluding hydrogens is 376 g/mol. The molecule has 0 unspecified atom stereocenters. The molecule has 5 nitrogen and oxygen atoms in total. The van der Waals surface area contributed by atoms with Gasteiger partial charge in [0.15, 0.2) is 0 Å². The van der Waals surface area contributed by atoms with Gasteiger partial charge in [-0.2, -0.15) is 0 Å². The predicted octanol–water partition coefficient (Wildman–Crippen LogP) is 5.22. The van der Waals surface area contributed by atoms with Crippen molar-refractivity contribution in [3.8, 4) is 39.1 Å². The molecule has 0 atom stereocenters. The van der Waals surface area contributed by atoms with Crippen molar-refractivity contribution >= 4 is 11.6 Å². The number of aliphatic hydroxyl groups is 1. The van der Waals surface area contributed by atoms with Crippen molar-refractivity contribution in [2.75, 3.05) is 7.11 Å². The summed E-state index contributed by atoms with van der Waals surface area (Å²) in [6, 6.07) is 15.2. The Morgan fingerprint density at radius 1 is 0.964 bits per heavy atom. The molecule has 0 saturated heterocycles. The van der Waals surface area contributed by atoms with Crippen LogP contribution in [0.4, 0.5) is 0 Å². The van der Waals surface area contributed by atoms with E-state index in [4.69, 9.17) is 20.9 Å². The zero-order valence-corrected chi connectivity index (χ0v) is 15.8. The van der Waals surface area contributed by atoms with Gasteiger partial charge in [-0.05, 0) is 23.8 Å². The molecule has 6 heteroatoms. The standard InChI is InChI=1S/C22H17ClN2O3/c1-27-21-5-3-2-4-16(21)18-11-24-10-17(14-6-8-15(23)9-7-14)22(18)19-13-28-25-20(19)12-26/h2-11,13,26H,12H2,1H3. The lowest BCUT2D eigenvalue weighted by molar-refractivity contribution is 0.267. The second-order valence-electron chi connectivity index (χ2n) is 6.15. The third-order valence-electron chi connectivity index (χ3n) is 4.56. The summed E-state index contributed by atoms with van der Waals surface area (Å²) < 4.78 is 10.7. The van der Waals surface area contributed by atoms with Gasteiger partial charge in [-0.1, -0.05) is 47.1 Å². The average molecular weight is 393 g/mol. The summed E-state index contributed by atoms with van der Waals surface area (Å²) in [5, 5.41) is 14.3. The molecule has 0 amide bonds. The normalized spacial score (nSPS) is 10.8. The number of hydrogen-bond acceptors (Lipinski definition) is 5. The van der Waals surface area contributed by atoms with Crippen molar-refractivity contribution in [3.63, 3.8) is 0 Å². The van der Waals surface area contributed by atoms with Crippen LogP contribution >= 0.6 is 11.6 Å². The van der Waals surface area contributed by atoms with Crippen LogP contribution in [0.25, 0.3) is 33.4 Å². The maximum absolute atomic E-state index is 9.75. The number of aromatic nitrogens is 2. The summed E-state index contributed by atoms with van der Waals surface area (Å²) >= 11 is 6.06.